The van der Waals surface area contributed by atoms with Crippen LogP contribution in [0.25, 0.3) is 0 Å². The Labute approximate surface area is 108 Å². The summed E-state index contributed by atoms with van der Waals surface area (Å²) in [6, 6.07) is 1.43. The highest BCUT2D eigenvalue weighted by atomic mass is 32.1. The maximum absolute atomic E-state index is 4.53. The molecule has 2 rings (SSSR count). The lowest BCUT2D eigenvalue weighted by molar-refractivity contribution is 0.219. The van der Waals surface area contributed by atoms with Gasteiger partial charge in [-0.2, -0.15) is 0 Å². The second-order valence-corrected chi connectivity index (χ2v) is 6.08. The molecule has 1 atom stereocenters. The highest BCUT2D eigenvalue weighted by Gasteiger charge is 2.22. The molecule has 0 aliphatic heterocycles. The zero-order valence-electron chi connectivity index (χ0n) is 11.1. The van der Waals surface area contributed by atoms with Gasteiger partial charge in [-0.3, -0.25) is 4.90 Å². The number of thiazole rings is 1. The van der Waals surface area contributed by atoms with Crippen LogP contribution in [0.5, 0.6) is 0 Å². The number of hydrogen-bond donors (Lipinski definition) is 1. The lowest BCUT2D eigenvalue weighted by Gasteiger charge is -2.26. The highest BCUT2D eigenvalue weighted by Crippen LogP contribution is 2.19. The Hall–Kier alpha value is -0.450. The topological polar surface area (TPSA) is 28.2 Å². The standard InChI is InChI=1S/C13H23N3S/c1-4-13(7-14-11-5-6-11)16(3)8-12-9-17-10(2)15-12/h9,11,13-14H,4-8H2,1-3H3. The molecule has 1 aromatic heterocycles. The summed E-state index contributed by atoms with van der Waals surface area (Å²) in [5.41, 5.74) is 1.21. The summed E-state index contributed by atoms with van der Waals surface area (Å²) in [5.74, 6) is 0. The minimum Gasteiger partial charge on any atom is -0.312 e. The van der Waals surface area contributed by atoms with Crippen molar-refractivity contribution >= 4 is 11.3 Å². The van der Waals surface area contributed by atoms with Gasteiger partial charge in [0.15, 0.2) is 0 Å². The molecule has 96 valence electrons. The number of nitrogens with zero attached hydrogens (tertiary/aromatic N) is 2. The molecule has 0 radical (unpaired) electrons. The maximum Gasteiger partial charge on any atom is 0.0897 e. The van der Waals surface area contributed by atoms with Gasteiger partial charge in [-0.25, -0.2) is 4.98 Å². The van der Waals surface area contributed by atoms with Crippen molar-refractivity contribution in [2.45, 2.75) is 51.7 Å². The Morgan fingerprint density at radius 3 is 2.88 bits per heavy atom. The van der Waals surface area contributed by atoms with Crippen molar-refractivity contribution in [2.24, 2.45) is 0 Å². The van der Waals surface area contributed by atoms with Gasteiger partial charge >= 0.3 is 0 Å². The van der Waals surface area contributed by atoms with Gasteiger partial charge in [-0.05, 0) is 33.2 Å². The third-order valence-electron chi connectivity index (χ3n) is 3.39. The lowest BCUT2D eigenvalue weighted by Crippen LogP contribution is -2.40. The van der Waals surface area contributed by atoms with Crippen molar-refractivity contribution in [2.75, 3.05) is 13.6 Å². The number of hydrogen-bond acceptors (Lipinski definition) is 4. The van der Waals surface area contributed by atoms with E-state index in [1.807, 2.05) is 0 Å². The summed E-state index contributed by atoms with van der Waals surface area (Å²) in [7, 11) is 2.21. The Balaban J connectivity index is 1.80. The molecular weight excluding hydrogens is 230 g/mol. The van der Waals surface area contributed by atoms with Crippen LogP contribution >= 0.6 is 11.3 Å². The fourth-order valence-corrected chi connectivity index (χ4v) is 2.67. The Morgan fingerprint density at radius 1 is 1.59 bits per heavy atom. The minimum atomic E-state index is 0.623. The monoisotopic (exact) mass is 253 g/mol. The number of nitrogens with one attached hydrogen (secondary N) is 1. The first-order valence-corrected chi connectivity index (χ1v) is 7.41. The van der Waals surface area contributed by atoms with Crippen LogP contribution in [0.15, 0.2) is 5.38 Å². The molecule has 0 amide bonds. The average Bonchev–Trinajstić information content (AvgIpc) is 3.03. The van der Waals surface area contributed by atoms with E-state index in [1.54, 1.807) is 11.3 Å². The van der Waals surface area contributed by atoms with Crippen LogP contribution in [0.3, 0.4) is 0 Å². The van der Waals surface area contributed by atoms with Crippen molar-refractivity contribution in [3.8, 4) is 0 Å². The van der Waals surface area contributed by atoms with Crippen molar-refractivity contribution in [3.05, 3.63) is 16.1 Å². The SMILES string of the molecule is CCC(CNC1CC1)N(C)Cc1csc(C)n1. The van der Waals surface area contributed by atoms with Crippen LogP contribution in [-0.2, 0) is 6.54 Å². The van der Waals surface area contributed by atoms with Gasteiger partial charge < -0.3 is 5.32 Å². The van der Waals surface area contributed by atoms with Crippen LogP contribution in [0.4, 0.5) is 0 Å². The highest BCUT2D eigenvalue weighted by molar-refractivity contribution is 7.09. The van der Waals surface area contributed by atoms with E-state index in [0.29, 0.717) is 6.04 Å². The van der Waals surface area contributed by atoms with E-state index in [1.165, 1.54) is 25.0 Å². The van der Waals surface area contributed by atoms with E-state index in [-0.39, 0.29) is 0 Å². The minimum absolute atomic E-state index is 0.623. The predicted molar refractivity (Wildman–Crippen MR) is 73.4 cm³/mol. The number of aryl methyl sites for hydroxylation is 1. The Morgan fingerprint density at radius 2 is 2.35 bits per heavy atom. The normalized spacial score (nSPS) is 17.6. The molecular formula is C13H23N3S. The van der Waals surface area contributed by atoms with E-state index in [0.717, 1.165) is 24.1 Å². The van der Waals surface area contributed by atoms with Crippen LogP contribution in [-0.4, -0.2) is 35.6 Å². The number of rotatable bonds is 7. The molecule has 0 spiro atoms. The first-order valence-electron chi connectivity index (χ1n) is 6.53. The first-order chi connectivity index (χ1) is 8.19. The average molecular weight is 253 g/mol. The van der Waals surface area contributed by atoms with E-state index < -0.39 is 0 Å². The molecule has 1 aromatic rings. The molecule has 3 nitrogen and oxygen atoms in total. The number of likely N-dealkylation sites (N-methyl/N-ethyl adjacent to an activating group) is 1. The van der Waals surface area contributed by atoms with Crippen LogP contribution < -0.4 is 5.32 Å². The predicted octanol–water partition coefficient (Wildman–Crippen LogP) is 2.41. The third kappa shape index (κ3) is 4.05. The van der Waals surface area contributed by atoms with Gasteiger partial charge in [0.25, 0.3) is 0 Å². The maximum atomic E-state index is 4.53. The quantitative estimate of drug-likeness (QED) is 0.809. The largest absolute Gasteiger partial charge is 0.312 e. The van der Waals surface area contributed by atoms with Gasteiger partial charge in [0, 0.05) is 30.6 Å². The summed E-state index contributed by atoms with van der Waals surface area (Å²) < 4.78 is 0. The molecule has 4 heteroatoms. The van der Waals surface area contributed by atoms with Crippen molar-refractivity contribution in [1.29, 1.82) is 0 Å². The molecule has 1 N–H and O–H groups in total. The van der Waals surface area contributed by atoms with Gasteiger partial charge in [0.1, 0.15) is 0 Å². The van der Waals surface area contributed by atoms with E-state index in [4.69, 9.17) is 0 Å². The molecule has 1 aliphatic carbocycles. The molecule has 1 saturated carbocycles. The molecule has 0 saturated heterocycles. The number of aromatic nitrogens is 1. The molecule has 1 heterocycles. The lowest BCUT2D eigenvalue weighted by atomic mass is 10.2. The summed E-state index contributed by atoms with van der Waals surface area (Å²) >= 11 is 1.74. The van der Waals surface area contributed by atoms with Crippen molar-refractivity contribution in [1.82, 2.24) is 15.2 Å². The van der Waals surface area contributed by atoms with Crippen LogP contribution in [0.2, 0.25) is 0 Å². The summed E-state index contributed by atoms with van der Waals surface area (Å²) in [5, 5.41) is 6.96. The van der Waals surface area contributed by atoms with E-state index in [2.05, 4.69) is 41.5 Å². The van der Waals surface area contributed by atoms with E-state index in [9.17, 15) is 0 Å². The molecule has 17 heavy (non-hydrogen) atoms. The fraction of sp³-hybridized carbons (Fsp3) is 0.769. The molecule has 1 unspecified atom stereocenters. The summed E-state index contributed by atoms with van der Waals surface area (Å²) in [6.45, 7) is 6.41. The van der Waals surface area contributed by atoms with Crippen LogP contribution in [0, 0.1) is 6.92 Å². The third-order valence-corrected chi connectivity index (χ3v) is 4.21. The second-order valence-electron chi connectivity index (χ2n) is 5.02. The molecule has 1 fully saturated rings. The van der Waals surface area contributed by atoms with Gasteiger partial charge in [-0.15, -0.1) is 11.3 Å². The Kier molecular flexibility index (Phi) is 4.54. The Bertz CT molecular complexity index is 346. The smallest absolute Gasteiger partial charge is 0.0897 e. The van der Waals surface area contributed by atoms with E-state index >= 15 is 0 Å². The first kappa shape index (κ1) is 13.0. The second kappa shape index (κ2) is 5.94. The van der Waals surface area contributed by atoms with Gasteiger partial charge in [0.05, 0.1) is 10.7 Å². The fourth-order valence-electron chi connectivity index (χ4n) is 2.07. The van der Waals surface area contributed by atoms with Crippen molar-refractivity contribution < 1.29 is 0 Å². The summed E-state index contributed by atoms with van der Waals surface area (Å²) in [6.07, 6.45) is 3.93. The zero-order valence-corrected chi connectivity index (χ0v) is 11.9. The van der Waals surface area contributed by atoms with Gasteiger partial charge in [0.2, 0.25) is 0 Å². The van der Waals surface area contributed by atoms with Crippen LogP contribution in [0.1, 0.15) is 36.9 Å². The molecule has 1 aliphatic rings. The zero-order chi connectivity index (χ0) is 12.3. The molecule has 0 bridgehead atoms. The van der Waals surface area contributed by atoms with Gasteiger partial charge in [-0.1, -0.05) is 6.92 Å². The van der Waals surface area contributed by atoms with Crippen molar-refractivity contribution in [3.63, 3.8) is 0 Å². The molecule has 0 aromatic carbocycles. The summed E-state index contributed by atoms with van der Waals surface area (Å²) in [4.78, 5) is 6.95.